The summed E-state index contributed by atoms with van der Waals surface area (Å²) in [6, 6.07) is -0.775. The van der Waals surface area contributed by atoms with E-state index in [9.17, 15) is 14.7 Å². The van der Waals surface area contributed by atoms with E-state index >= 15 is 0 Å². The molecule has 116 valence electrons. The molecule has 0 aromatic rings. The lowest BCUT2D eigenvalue weighted by atomic mass is 9.49. The molecule has 0 spiro atoms. The van der Waals surface area contributed by atoms with Crippen molar-refractivity contribution in [3.8, 4) is 0 Å². The van der Waals surface area contributed by atoms with E-state index in [0.29, 0.717) is 30.6 Å². The molecule has 4 heteroatoms. The van der Waals surface area contributed by atoms with Crippen molar-refractivity contribution < 1.29 is 14.7 Å². The van der Waals surface area contributed by atoms with Crippen molar-refractivity contribution in [1.29, 1.82) is 0 Å². The molecule has 2 N–H and O–H groups in total. The second-order valence-electron chi connectivity index (χ2n) is 7.43. The Morgan fingerprint density at radius 1 is 1.19 bits per heavy atom. The minimum Gasteiger partial charge on any atom is -0.480 e. The fraction of sp³-hybridized carbons (Fsp3) is 0.765. The molecule has 4 nitrogen and oxygen atoms in total. The SMILES string of the molecule is C=CCCC(NC(=O)C12CC3CC(CC(C3)C1)C2)C(=O)O. The highest BCUT2D eigenvalue weighted by Crippen LogP contribution is 2.60. The van der Waals surface area contributed by atoms with Gasteiger partial charge in [0.2, 0.25) is 5.91 Å². The molecule has 0 saturated heterocycles. The van der Waals surface area contributed by atoms with E-state index in [1.165, 1.54) is 19.3 Å². The van der Waals surface area contributed by atoms with Crippen LogP contribution < -0.4 is 5.32 Å². The summed E-state index contributed by atoms with van der Waals surface area (Å²) in [5.74, 6) is 1.14. The molecular formula is C17H25NO3. The first-order chi connectivity index (χ1) is 10.0. The third-order valence-corrected chi connectivity index (χ3v) is 5.78. The van der Waals surface area contributed by atoms with Crippen LogP contribution in [0.1, 0.15) is 51.4 Å². The van der Waals surface area contributed by atoms with Crippen LogP contribution in [0.3, 0.4) is 0 Å². The number of hydrogen-bond acceptors (Lipinski definition) is 2. The van der Waals surface area contributed by atoms with Gasteiger partial charge in [-0.25, -0.2) is 4.79 Å². The number of rotatable bonds is 6. The van der Waals surface area contributed by atoms with Gasteiger partial charge in [-0.1, -0.05) is 6.08 Å². The number of aliphatic carboxylic acids is 1. The summed E-state index contributed by atoms with van der Waals surface area (Å²) in [4.78, 5) is 24.1. The van der Waals surface area contributed by atoms with Gasteiger partial charge in [-0.3, -0.25) is 4.79 Å². The Hall–Kier alpha value is -1.32. The molecule has 0 aromatic carbocycles. The average molecular weight is 291 g/mol. The third kappa shape index (κ3) is 2.72. The molecule has 4 bridgehead atoms. The molecular weight excluding hydrogens is 266 g/mol. The topological polar surface area (TPSA) is 66.4 Å². The van der Waals surface area contributed by atoms with E-state index in [4.69, 9.17) is 0 Å². The lowest BCUT2D eigenvalue weighted by Gasteiger charge is -2.55. The summed E-state index contributed by atoms with van der Waals surface area (Å²) in [6.07, 6.45) is 9.50. The van der Waals surface area contributed by atoms with Gasteiger partial charge in [0.1, 0.15) is 6.04 Å². The molecule has 0 aromatic heterocycles. The van der Waals surface area contributed by atoms with Gasteiger partial charge >= 0.3 is 5.97 Å². The predicted octanol–water partition coefficient (Wildman–Crippen LogP) is 2.74. The minimum absolute atomic E-state index is 0.00179. The minimum atomic E-state index is -0.935. The molecule has 0 aliphatic heterocycles. The maximum Gasteiger partial charge on any atom is 0.326 e. The maximum atomic E-state index is 12.8. The van der Waals surface area contributed by atoms with Gasteiger partial charge in [-0.2, -0.15) is 0 Å². The van der Waals surface area contributed by atoms with Gasteiger partial charge in [-0.05, 0) is 69.1 Å². The summed E-state index contributed by atoms with van der Waals surface area (Å²) in [5.41, 5.74) is -0.267. The van der Waals surface area contributed by atoms with E-state index in [-0.39, 0.29) is 11.3 Å². The number of carboxylic acid groups (broad SMARTS) is 1. The van der Waals surface area contributed by atoms with Crippen molar-refractivity contribution in [2.75, 3.05) is 0 Å². The van der Waals surface area contributed by atoms with Crippen LogP contribution in [0, 0.1) is 23.2 Å². The molecule has 0 radical (unpaired) electrons. The van der Waals surface area contributed by atoms with Crippen LogP contribution in [-0.4, -0.2) is 23.0 Å². The van der Waals surface area contributed by atoms with E-state index in [1.807, 2.05) is 0 Å². The fourth-order valence-corrected chi connectivity index (χ4v) is 5.24. The van der Waals surface area contributed by atoms with Crippen molar-refractivity contribution in [2.24, 2.45) is 23.2 Å². The summed E-state index contributed by atoms with van der Waals surface area (Å²) < 4.78 is 0. The van der Waals surface area contributed by atoms with Gasteiger partial charge in [0.05, 0.1) is 0 Å². The molecule has 1 unspecified atom stereocenters. The quantitative estimate of drug-likeness (QED) is 0.739. The molecule has 4 aliphatic carbocycles. The first-order valence-corrected chi connectivity index (χ1v) is 8.17. The number of nitrogens with one attached hydrogen (secondary N) is 1. The number of amides is 1. The van der Waals surface area contributed by atoms with E-state index in [2.05, 4.69) is 11.9 Å². The Morgan fingerprint density at radius 3 is 2.14 bits per heavy atom. The highest BCUT2D eigenvalue weighted by molar-refractivity contribution is 5.87. The summed E-state index contributed by atoms with van der Waals surface area (Å²) >= 11 is 0. The van der Waals surface area contributed by atoms with Crippen molar-refractivity contribution >= 4 is 11.9 Å². The lowest BCUT2D eigenvalue weighted by Crippen LogP contribution is -2.56. The monoisotopic (exact) mass is 291 g/mol. The third-order valence-electron chi connectivity index (χ3n) is 5.78. The van der Waals surface area contributed by atoms with Crippen molar-refractivity contribution in [3.63, 3.8) is 0 Å². The molecule has 0 heterocycles. The van der Waals surface area contributed by atoms with Crippen LogP contribution >= 0.6 is 0 Å². The number of carbonyl (C=O) groups excluding carboxylic acids is 1. The van der Waals surface area contributed by atoms with Crippen molar-refractivity contribution in [3.05, 3.63) is 12.7 Å². The number of carboxylic acids is 1. The van der Waals surface area contributed by atoms with Crippen molar-refractivity contribution in [1.82, 2.24) is 5.32 Å². The first-order valence-electron chi connectivity index (χ1n) is 8.17. The van der Waals surface area contributed by atoms with Crippen LogP contribution in [-0.2, 0) is 9.59 Å². The zero-order chi connectivity index (χ0) is 15.0. The Kier molecular flexibility index (Phi) is 3.80. The highest BCUT2D eigenvalue weighted by Gasteiger charge is 2.54. The standard InChI is InChI=1S/C17H25NO3/c1-2-3-4-14(15(19)20)18-16(21)17-8-11-5-12(9-17)7-13(6-11)10-17/h2,11-14H,1,3-10H2,(H,18,21)(H,19,20). The summed E-state index contributed by atoms with van der Waals surface area (Å²) in [5, 5.41) is 12.1. The van der Waals surface area contributed by atoms with Gasteiger partial charge < -0.3 is 10.4 Å². The molecule has 21 heavy (non-hydrogen) atoms. The lowest BCUT2D eigenvalue weighted by molar-refractivity contribution is -0.151. The summed E-state index contributed by atoms with van der Waals surface area (Å²) in [7, 11) is 0. The Balaban J connectivity index is 1.69. The molecule has 4 aliphatic rings. The number of carbonyl (C=O) groups is 2. The van der Waals surface area contributed by atoms with Crippen LogP contribution in [0.5, 0.6) is 0 Å². The van der Waals surface area contributed by atoms with Gasteiger partial charge in [0, 0.05) is 5.41 Å². The van der Waals surface area contributed by atoms with Gasteiger partial charge in [-0.15, -0.1) is 6.58 Å². The molecule has 4 rings (SSSR count). The second kappa shape index (κ2) is 5.47. The van der Waals surface area contributed by atoms with Crippen LogP contribution in [0.2, 0.25) is 0 Å². The van der Waals surface area contributed by atoms with Crippen LogP contribution in [0.25, 0.3) is 0 Å². The van der Waals surface area contributed by atoms with E-state index in [0.717, 1.165) is 19.3 Å². The second-order valence-corrected chi connectivity index (χ2v) is 7.43. The predicted molar refractivity (Wildman–Crippen MR) is 79.6 cm³/mol. The van der Waals surface area contributed by atoms with Crippen LogP contribution in [0.4, 0.5) is 0 Å². The fourth-order valence-electron chi connectivity index (χ4n) is 5.24. The molecule has 1 atom stereocenters. The van der Waals surface area contributed by atoms with Crippen LogP contribution in [0.15, 0.2) is 12.7 Å². The zero-order valence-electron chi connectivity index (χ0n) is 12.5. The van der Waals surface area contributed by atoms with Gasteiger partial charge in [0.25, 0.3) is 0 Å². The van der Waals surface area contributed by atoms with E-state index in [1.54, 1.807) is 6.08 Å². The normalized spacial score (nSPS) is 38.0. The zero-order valence-corrected chi connectivity index (χ0v) is 12.5. The number of hydrogen-bond donors (Lipinski definition) is 2. The molecule has 1 amide bonds. The molecule has 4 saturated carbocycles. The Labute approximate surface area is 126 Å². The smallest absolute Gasteiger partial charge is 0.326 e. The Bertz CT molecular complexity index is 422. The molecule has 4 fully saturated rings. The van der Waals surface area contributed by atoms with Crippen molar-refractivity contribution in [2.45, 2.75) is 57.4 Å². The van der Waals surface area contributed by atoms with Gasteiger partial charge in [0.15, 0.2) is 0 Å². The largest absolute Gasteiger partial charge is 0.480 e. The average Bonchev–Trinajstić information content (AvgIpc) is 2.41. The number of allylic oxidation sites excluding steroid dienone is 1. The highest BCUT2D eigenvalue weighted by atomic mass is 16.4. The summed E-state index contributed by atoms with van der Waals surface area (Å²) in [6.45, 7) is 3.62. The first kappa shape index (κ1) is 14.6. The maximum absolute atomic E-state index is 12.8. The Morgan fingerprint density at radius 2 is 1.71 bits per heavy atom. The van der Waals surface area contributed by atoms with E-state index < -0.39 is 12.0 Å².